The summed E-state index contributed by atoms with van der Waals surface area (Å²) in [5.41, 5.74) is 2.05. The summed E-state index contributed by atoms with van der Waals surface area (Å²) in [6.07, 6.45) is 8.85. The van der Waals surface area contributed by atoms with Gasteiger partial charge in [-0.3, -0.25) is 4.79 Å². The molecule has 2 heterocycles. The van der Waals surface area contributed by atoms with Crippen LogP contribution in [-0.2, 0) is 4.79 Å². The lowest BCUT2D eigenvalue weighted by atomic mass is 10.0. The summed E-state index contributed by atoms with van der Waals surface area (Å²) in [6.45, 7) is 4.75. The Kier molecular flexibility index (Phi) is 5.83. The number of aryl methyl sites for hydroxylation is 1. The maximum atomic E-state index is 12.1. The SMILES string of the molecule is C#CCCC1(CCC(=O)NCC2CCN(c3cc(Cl)ccc3C)C2)N=N1. The minimum absolute atomic E-state index is 0.0692. The van der Waals surface area contributed by atoms with Gasteiger partial charge in [0.2, 0.25) is 5.91 Å². The second kappa shape index (κ2) is 8.09. The zero-order chi connectivity index (χ0) is 18.6. The van der Waals surface area contributed by atoms with E-state index in [1.54, 1.807) is 0 Å². The number of hydrogen-bond acceptors (Lipinski definition) is 4. The van der Waals surface area contributed by atoms with Gasteiger partial charge in [0.15, 0.2) is 5.66 Å². The molecule has 0 saturated carbocycles. The highest BCUT2D eigenvalue weighted by molar-refractivity contribution is 6.30. The molecule has 1 saturated heterocycles. The molecule has 0 radical (unpaired) electrons. The van der Waals surface area contributed by atoms with Crippen LogP contribution in [0.1, 0.15) is 37.7 Å². The van der Waals surface area contributed by atoms with Crippen molar-refractivity contribution in [1.29, 1.82) is 0 Å². The maximum absolute atomic E-state index is 12.1. The number of anilines is 1. The molecule has 0 aromatic heterocycles. The van der Waals surface area contributed by atoms with Gasteiger partial charge in [-0.05, 0) is 37.0 Å². The van der Waals surface area contributed by atoms with Crippen molar-refractivity contribution in [3.05, 3.63) is 28.8 Å². The summed E-state index contributed by atoms with van der Waals surface area (Å²) in [6, 6.07) is 6.00. The van der Waals surface area contributed by atoms with Gasteiger partial charge in [0.25, 0.3) is 0 Å². The molecule has 1 fully saturated rings. The van der Waals surface area contributed by atoms with E-state index in [4.69, 9.17) is 18.0 Å². The van der Waals surface area contributed by atoms with Gasteiger partial charge in [0.1, 0.15) is 0 Å². The molecule has 138 valence electrons. The molecule has 1 aromatic carbocycles. The molecule has 0 bridgehead atoms. The van der Waals surface area contributed by atoms with Crippen molar-refractivity contribution in [3.8, 4) is 12.3 Å². The zero-order valence-electron chi connectivity index (χ0n) is 15.2. The molecule has 1 N–H and O–H groups in total. The van der Waals surface area contributed by atoms with Crippen LogP contribution >= 0.6 is 11.6 Å². The number of terminal acetylenes is 1. The Bertz CT molecular complexity index is 734. The summed E-state index contributed by atoms with van der Waals surface area (Å²) in [5.74, 6) is 3.14. The Balaban J connectivity index is 1.40. The van der Waals surface area contributed by atoms with Crippen molar-refractivity contribution in [3.63, 3.8) is 0 Å². The van der Waals surface area contributed by atoms with Gasteiger partial charge in [0, 0.05) is 56.0 Å². The highest BCUT2D eigenvalue weighted by Gasteiger charge is 2.39. The molecule has 3 rings (SSSR count). The Labute approximate surface area is 160 Å². The summed E-state index contributed by atoms with van der Waals surface area (Å²) in [4.78, 5) is 14.5. The summed E-state index contributed by atoms with van der Waals surface area (Å²) < 4.78 is 0. The third-order valence-corrected chi connectivity index (χ3v) is 5.43. The van der Waals surface area contributed by atoms with Crippen molar-refractivity contribution in [1.82, 2.24) is 5.32 Å². The molecule has 1 atom stereocenters. The van der Waals surface area contributed by atoms with E-state index in [0.29, 0.717) is 31.7 Å². The molecule has 2 aliphatic heterocycles. The number of halogens is 1. The summed E-state index contributed by atoms with van der Waals surface area (Å²) >= 11 is 6.13. The van der Waals surface area contributed by atoms with Gasteiger partial charge in [-0.15, -0.1) is 12.3 Å². The first kappa shape index (κ1) is 18.7. The Morgan fingerprint density at radius 3 is 3.00 bits per heavy atom. The van der Waals surface area contributed by atoms with Crippen LogP contribution in [0.2, 0.25) is 5.02 Å². The van der Waals surface area contributed by atoms with E-state index >= 15 is 0 Å². The summed E-state index contributed by atoms with van der Waals surface area (Å²) in [5, 5.41) is 12.0. The fourth-order valence-corrected chi connectivity index (χ4v) is 3.64. The van der Waals surface area contributed by atoms with E-state index in [-0.39, 0.29) is 11.6 Å². The van der Waals surface area contributed by atoms with Crippen molar-refractivity contribution in [2.75, 3.05) is 24.5 Å². The van der Waals surface area contributed by atoms with Gasteiger partial charge in [-0.1, -0.05) is 17.7 Å². The van der Waals surface area contributed by atoms with Crippen molar-refractivity contribution in [2.24, 2.45) is 16.1 Å². The largest absolute Gasteiger partial charge is 0.371 e. The van der Waals surface area contributed by atoms with Crippen LogP contribution in [0.3, 0.4) is 0 Å². The van der Waals surface area contributed by atoms with E-state index < -0.39 is 0 Å². The highest BCUT2D eigenvalue weighted by atomic mass is 35.5. The molecule has 0 spiro atoms. The molecule has 1 aromatic rings. The fourth-order valence-electron chi connectivity index (χ4n) is 3.47. The molecule has 2 aliphatic rings. The van der Waals surface area contributed by atoms with Crippen LogP contribution in [0.5, 0.6) is 0 Å². The van der Waals surface area contributed by atoms with E-state index in [9.17, 15) is 4.79 Å². The van der Waals surface area contributed by atoms with E-state index in [2.05, 4.69) is 39.4 Å². The lowest BCUT2D eigenvalue weighted by Gasteiger charge is -2.21. The lowest BCUT2D eigenvalue weighted by Crippen LogP contribution is -2.31. The number of amides is 1. The third-order valence-electron chi connectivity index (χ3n) is 5.19. The molecule has 0 aliphatic carbocycles. The highest BCUT2D eigenvalue weighted by Crippen LogP contribution is 2.37. The van der Waals surface area contributed by atoms with Gasteiger partial charge >= 0.3 is 0 Å². The quantitative estimate of drug-likeness (QED) is 0.702. The average molecular weight is 373 g/mol. The molecule has 5 nitrogen and oxygen atoms in total. The average Bonchev–Trinajstić information content (AvgIpc) is 3.25. The normalized spacial score (nSPS) is 20.0. The number of carbonyl (C=O) groups is 1. The molecule has 6 heteroatoms. The Morgan fingerprint density at radius 2 is 2.27 bits per heavy atom. The van der Waals surface area contributed by atoms with Crippen molar-refractivity contribution in [2.45, 2.75) is 44.7 Å². The third kappa shape index (κ3) is 4.76. The second-order valence-corrected chi connectivity index (χ2v) is 7.66. The molecule has 26 heavy (non-hydrogen) atoms. The number of nitrogens with one attached hydrogen (secondary N) is 1. The number of benzene rings is 1. The molecular weight excluding hydrogens is 348 g/mol. The predicted molar refractivity (Wildman–Crippen MR) is 104 cm³/mol. The number of rotatable bonds is 8. The molecular formula is C20H25ClN4O. The zero-order valence-corrected chi connectivity index (χ0v) is 15.9. The second-order valence-electron chi connectivity index (χ2n) is 7.22. The van der Waals surface area contributed by atoms with Gasteiger partial charge in [-0.2, -0.15) is 10.2 Å². The molecule has 1 amide bonds. The fraction of sp³-hybridized carbons (Fsp3) is 0.550. The van der Waals surface area contributed by atoms with Crippen LogP contribution in [0, 0.1) is 25.2 Å². The van der Waals surface area contributed by atoms with Gasteiger partial charge in [-0.25, -0.2) is 0 Å². The first-order chi connectivity index (χ1) is 12.5. The summed E-state index contributed by atoms with van der Waals surface area (Å²) in [7, 11) is 0. The minimum Gasteiger partial charge on any atom is -0.371 e. The van der Waals surface area contributed by atoms with Crippen molar-refractivity contribution >= 4 is 23.2 Å². The van der Waals surface area contributed by atoms with Crippen LogP contribution in [0.4, 0.5) is 5.69 Å². The minimum atomic E-state index is -0.377. The van der Waals surface area contributed by atoms with Gasteiger partial charge in [0.05, 0.1) is 0 Å². The van der Waals surface area contributed by atoms with Gasteiger partial charge < -0.3 is 10.2 Å². The monoisotopic (exact) mass is 372 g/mol. The van der Waals surface area contributed by atoms with E-state index in [1.165, 1.54) is 11.3 Å². The van der Waals surface area contributed by atoms with Crippen molar-refractivity contribution < 1.29 is 4.79 Å². The number of carbonyl (C=O) groups excluding carboxylic acids is 1. The first-order valence-corrected chi connectivity index (χ1v) is 9.54. The lowest BCUT2D eigenvalue weighted by molar-refractivity contribution is -0.121. The van der Waals surface area contributed by atoms with E-state index in [1.807, 2.05) is 12.1 Å². The molecule has 1 unspecified atom stereocenters. The smallest absolute Gasteiger partial charge is 0.220 e. The topological polar surface area (TPSA) is 57.1 Å². The number of nitrogens with zero attached hydrogens (tertiary/aromatic N) is 3. The Hall–Kier alpha value is -2.06. The van der Waals surface area contributed by atoms with Crippen LogP contribution in [0.15, 0.2) is 28.4 Å². The number of hydrogen-bond donors (Lipinski definition) is 1. The standard InChI is InChI=1S/C20H25ClN4O/c1-3-4-9-20(23-24-20)10-7-19(26)22-13-16-8-11-25(14-16)18-12-17(21)6-5-15(18)2/h1,5-6,12,16H,4,7-11,13-14H2,2H3,(H,22,26). The van der Waals surface area contributed by atoms with E-state index in [0.717, 1.165) is 31.0 Å². The van der Waals surface area contributed by atoms with Crippen LogP contribution in [-0.4, -0.2) is 31.2 Å². The Morgan fingerprint density at radius 1 is 1.46 bits per heavy atom. The predicted octanol–water partition coefficient (Wildman–Crippen LogP) is 3.95. The van der Waals surface area contributed by atoms with Crippen LogP contribution < -0.4 is 10.2 Å². The van der Waals surface area contributed by atoms with Crippen LogP contribution in [0.25, 0.3) is 0 Å². The first-order valence-electron chi connectivity index (χ1n) is 9.17. The maximum Gasteiger partial charge on any atom is 0.220 e.